The first-order valence-corrected chi connectivity index (χ1v) is 13.1. The lowest BCUT2D eigenvalue weighted by molar-refractivity contribution is 0.664. The maximum atomic E-state index is 6.49. The maximum absolute atomic E-state index is 6.49. The minimum absolute atomic E-state index is 0.848. The van der Waals surface area contributed by atoms with Crippen LogP contribution in [-0.2, 0) is 0 Å². The van der Waals surface area contributed by atoms with Crippen LogP contribution >= 0.6 is 0 Å². The Labute approximate surface area is 225 Å². The number of benzene rings is 6. The van der Waals surface area contributed by atoms with Gasteiger partial charge in [-0.2, -0.15) is 0 Å². The molecular formula is C36H23NO2. The van der Waals surface area contributed by atoms with Crippen molar-refractivity contribution >= 4 is 60.9 Å². The fourth-order valence-electron chi connectivity index (χ4n) is 5.64. The molecule has 0 aliphatic heterocycles. The van der Waals surface area contributed by atoms with E-state index >= 15 is 0 Å². The van der Waals surface area contributed by atoms with E-state index in [2.05, 4.69) is 126 Å². The Hall–Kier alpha value is -5.28. The zero-order chi connectivity index (χ0) is 25.8. The number of nitrogens with zero attached hydrogens (tertiary/aromatic N) is 1. The van der Waals surface area contributed by atoms with E-state index < -0.39 is 0 Å². The first-order chi connectivity index (χ1) is 19.3. The first-order valence-electron chi connectivity index (χ1n) is 13.1. The predicted molar refractivity (Wildman–Crippen MR) is 161 cm³/mol. The van der Waals surface area contributed by atoms with Gasteiger partial charge < -0.3 is 13.7 Å². The average molecular weight is 502 g/mol. The molecule has 0 aliphatic rings. The van der Waals surface area contributed by atoms with Crippen molar-refractivity contribution in [3.63, 3.8) is 0 Å². The van der Waals surface area contributed by atoms with Crippen LogP contribution in [0.3, 0.4) is 0 Å². The van der Waals surface area contributed by atoms with Gasteiger partial charge in [0, 0.05) is 50.2 Å². The number of hydrogen-bond acceptors (Lipinski definition) is 3. The number of hydrogen-bond donors (Lipinski definition) is 0. The molecule has 3 nitrogen and oxygen atoms in total. The van der Waals surface area contributed by atoms with Gasteiger partial charge in [-0.25, -0.2) is 0 Å². The molecule has 6 aromatic carbocycles. The van der Waals surface area contributed by atoms with Crippen molar-refractivity contribution in [1.29, 1.82) is 0 Å². The molecule has 0 aliphatic carbocycles. The van der Waals surface area contributed by atoms with Crippen molar-refractivity contribution in [2.24, 2.45) is 0 Å². The van der Waals surface area contributed by atoms with Crippen LogP contribution < -0.4 is 4.90 Å². The van der Waals surface area contributed by atoms with Crippen LogP contribution in [0.4, 0.5) is 17.1 Å². The molecule has 0 atom stereocenters. The molecule has 0 saturated heterocycles. The van der Waals surface area contributed by atoms with Gasteiger partial charge >= 0.3 is 0 Å². The summed E-state index contributed by atoms with van der Waals surface area (Å²) in [5.41, 5.74) is 8.94. The summed E-state index contributed by atoms with van der Waals surface area (Å²) in [5.74, 6) is 0. The molecule has 3 heteroatoms. The van der Waals surface area contributed by atoms with Gasteiger partial charge in [0.25, 0.3) is 0 Å². The maximum Gasteiger partial charge on any atom is 0.143 e. The van der Waals surface area contributed by atoms with Gasteiger partial charge in [0.2, 0.25) is 0 Å². The second kappa shape index (κ2) is 8.64. The largest absolute Gasteiger partial charge is 0.456 e. The summed E-state index contributed by atoms with van der Waals surface area (Å²) in [4.78, 5) is 2.25. The highest BCUT2D eigenvalue weighted by atomic mass is 16.3. The lowest BCUT2D eigenvalue weighted by Crippen LogP contribution is -2.09. The number of furan rings is 2. The molecule has 8 aromatic rings. The molecule has 2 heterocycles. The zero-order valence-electron chi connectivity index (χ0n) is 21.0. The van der Waals surface area contributed by atoms with E-state index in [4.69, 9.17) is 8.83 Å². The second-order valence-corrected chi connectivity index (χ2v) is 9.78. The second-order valence-electron chi connectivity index (χ2n) is 9.78. The van der Waals surface area contributed by atoms with Gasteiger partial charge in [-0.1, -0.05) is 84.9 Å². The molecule has 0 unspecified atom stereocenters. The minimum atomic E-state index is 0.848. The highest BCUT2D eigenvalue weighted by Gasteiger charge is 2.18. The summed E-state index contributed by atoms with van der Waals surface area (Å²) in [7, 11) is 0. The normalized spacial score (nSPS) is 11.6. The number of para-hydroxylation sites is 3. The van der Waals surface area contributed by atoms with E-state index in [1.54, 1.807) is 0 Å². The highest BCUT2D eigenvalue weighted by molar-refractivity contribution is 6.16. The predicted octanol–water partition coefficient (Wildman–Crippen LogP) is 10.6. The Bertz CT molecular complexity index is 2070. The molecule has 39 heavy (non-hydrogen) atoms. The molecular weight excluding hydrogens is 478 g/mol. The topological polar surface area (TPSA) is 29.5 Å². The summed E-state index contributed by atoms with van der Waals surface area (Å²) in [6.07, 6.45) is 0. The summed E-state index contributed by atoms with van der Waals surface area (Å²) in [6.45, 7) is 0. The van der Waals surface area contributed by atoms with Crippen molar-refractivity contribution in [3.8, 4) is 11.1 Å². The van der Waals surface area contributed by atoms with Crippen LogP contribution in [0, 0.1) is 0 Å². The SMILES string of the molecule is c1ccc(-c2cccc3c2oc2cc4c(cc23)oc2cc(N(c3ccccc3)c3ccccc3)ccc24)cc1. The molecule has 0 N–H and O–H groups in total. The fourth-order valence-corrected chi connectivity index (χ4v) is 5.64. The Balaban J connectivity index is 1.30. The lowest BCUT2D eigenvalue weighted by atomic mass is 10.0. The third-order valence-corrected chi connectivity index (χ3v) is 7.45. The van der Waals surface area contributed by atoms with Crippen molar-refractivity contribution < 1.29 is 8.83 Å². The lowest BCUT2D eigenvalue weighted by Gasteiger charge is -2.25. The van der Waals surface area contributed by atoms with Gasteiger partial charge in [-0.15, -0.1) is 0 Å². The third kappa shape index (κ3) is 3.52. The molecule has 0 amide bonds. The van der Waals surface area contributed by atoms with Crippen LogP contribution in [0.25, 0.3) is 55.0 Å². The van der Waals surface area contributed by atoms with Crippen LogP contribution in [0.2, 0.25) is 0 Å². The molecule has 184 valence electrons. The molecule has 0 saturated carbocycles. The van der Waals surface area contributed by atoms with E-state index in [0.29, 0.717) is 0 Å². The first kappa shape index (κ1) is 21.8. The number of fused-ring (bicyclic) bond motifs is 6. The van der Waals surface area contributed by atoms with Gasteiger partial charge in [-0.3, -0.25) is 0 Å². The number of rotatable bonds is 4. The molecule has 0 bridgehead atoms. The number of anilines is 3. The van der Waals surface area contributed by atoms with Gasteiger partial charge in [0.1, 0.15) is 22.3 Å². The Morgan fingerprint density at radius 2 is 0.974 bits per heavy atom. The highest BCUT2D eigenvalue weighted by Crippen LogP contribution is 2.42. The van der Waals surface area contributed by atoms with Crippen LogP contribution in [0.5, 0.6) is 0 Å². The van der Waals surface area contributed by atoms with E-state index in [9.17, 15) is 0 Å². The van der Waals surface area contributed by atoms with Crippen LogP contribution in [-0.4, -0.2) is 0 Å². The monoisotopic (exact) mass is 501 g/mol. The van der Waals surface area contributed by atoms with Gasteiger partial charge in [0.05, 0.1) is 0 Å². The molecule has 0 fully saturated rings. The summed E-state index contributed by atoms with van der Waals surface area (Å²) in [6, 6.07) is 48.2. The average Bonchev–Trinajstić information content (AvgIpc) is 3.54. The third-order valence-electron chi connectivity index (χ3n) is 7.45. The molecule has 0 spiro atoms. The van der Waals surface area contributed by atoms with Crippen molar-refractivity contribution in [1.82, 2.24) is 0 Å². The van der Waals surface area contributed by atoms with Crippen LogP contribution in [0.15, 0.2) is 148 Å². The quantitative estimate of drug-likeness (QED) is 0.240. The van der Waals surface area contributed by atoms with Crippen molar-refractivity contribution in [3.05, 3.63) is 140 Å². The summed E-state index contributed by atoms with van der Waals surface area (Å²) < 4.78 is 13.0. The minimum Gasteiger partial charge on any atom is -0.456 e. The Morgan fingerprint density at radius 1 is 0.385 bits per heavy atom. The standard InChI is InChI=1S/C36H23NO2/c1-4-11-24(12-5-1)28-17-10-18-30-32-23-34-31(22-35(32)39-36(28)30)29-20-19-27(21-33(29)38-34)37(25-13-6-2-7-14-25)26-15-8-3-9-16-26/h1-23H. The van der Waals surface area contributed by atoms with E-state index in [0.717, 1.165) is 72.1 Å². The van der Waals surface area contributed by atoms with Crippen molar-refractivity contribution in [2.45, 2.75) is 0 Å². The van der Waals surface area contributed by atoms with Gasteiger partial charge in [0.15, 0.2) is 0 Å². The Morgan fingerprint density at radius 3 is 1.67 bits per heavy atom. The Kier molecular flexibility index (Phi) is 4.82. The summed E-state index contributed by atoms with van der Waals surface area (Å²) in [5, 5.41) is 4.27. The van der Waals surface area contributed by atoms with E-state index in [1.807, 2.05) is 18.2 Å². The van der Waals surface area contributed by atoms with Crippen molar-refractivity contribution in [2.75, 3.05) is 4.90 Å². The van der Waals surface area contributed by atoms with E-state index in [1.165, 1.54) is 0 Å². The van der Waals surface area contributed by atoms with Crippen LogP contribution in [0.1, 0.15) is 0 Å². The van der Waals surface area contributed by atoms with E-state index in [-0.39, 0.29) is 0 Å². The summed E-state index contributed by atoms with van der Waals surface area (Å²) >= 11 is 0. The molecule has 2 aromatic heterocycles. The molecule has 0 radical (unpaired) electrons. The fraction of sp³-hybridized carbons (Fsp3) is 0. The zero-order valence-corrected chi connectivity index (χ0v) is 21.0. The smallest absolute Gasteiger partial charge is 0.143 e. The van der Waals surface area contributed by atoms with Gasteiger partial charge in [-0.05, 0) is 54.1 Å². The molecule has 8 rings (SSSR count).